The van der Waals surface area contributed by atoms with Crippen molar-refractivity contribution in [1.29, 1.82) is 0 Å². The van der Waals surface area contributed by atoms with E-state index < -0.39 is 89.6 Å². The fourth-order valence-electron chi connectivity index (χ4n) is 12.9. The summed E-state index contributed by atoms with van der Waals surface area (Å²) in [4.78, 5) is 143. The molecule has 7 aromatic rings. The SMILES string of the molecule is Cc1cc(N(CCCC(O)C[N+](C)(C)C)c2nc(C(=O)O)c(CCCOc3ccc(C#CCN(C)C(=O)OCc4ccc(NC(=O)[C@H](CCCNC(N)=O)NC(=O)[C@@H](NC(=O)CCOCCN5C(=O)C=CC5=O)C(C)C)cc4CN(C)C(=O)OCc4cn(CCOCCOCCOCCOCCOCCOCCOCCOCCC(=O)O)nn4)cc3F)s2)nnc1Nc1nc2ccccc2s1. The molecule has 43 nitrogen and oxygen atoms in total. The van der Waals surface area contributed by atoms with E-state index in [1.54, 1.807) is 31.0 Å². The van der Waals surface area contributed by atoms with Crippen LogP contribution in [0.25, 0.3) is 10.2 Å². The highest BCUT2D eigenvalue weighted by Gasteiger charge is 2.32. The predicted octanol–water partition coefficient (Wildman–Crippen LogP) is 6.36. The van der Waals surface area contributed by atoms with Crippen molar-refractivity contribution < 1.29 is 129 Å². The number of carbonyl (C=O) groups is 10. The first-order chi connectivity index (χ1) is 65.4. The number of primary amides is 1. The number of amides is 9. The lowest BCUT2D eigenvalue weighted by Crippen LogP contribution is -2.54. The maximum Gasteiger partial charge on any atom is 0.410 e. The third-order valence-electron chi connectivity index (χ3n) is 19.9. The number of anilines is 5. The number of aryl methyl sites for hydroxylation is 2. The molecular weight excluding hydrogens is 1820 g/mol. The molecule has 46 heteroatoms. The van der Waals surface area contributed by atoms with Gasteiger partial charge < -0.3 is 124 Å². The lowest BCUT2D eigenvalue weighted by Gasteiger charge is -2.27. The van der Waals surface area contributed by atoms with Crippen LogP contribution in [0.3, 0.4) is 0 Å². The molecule has 0 spiro atoms. The molecule has 3 aromatic carbocycles. The number of carboxylic acid groups (broad SMARTS) is 2. The molecule has 3 atom stereocenters. The first kappa shape index (κ1) is 109. The molecule has 742 valence electrons. The highest BCUT2D eigenvalue weighted by molar-refractivity contribution is 7.22. The number of aromatic carboxylic acids is 1. The van der Waals surface area contributed by atoms with Gasteiger partial charge in [0.25, 0.3) is 11.8 Å². The smallest absolute Gasteiger partial charge is 0.410 e. The summed E-state index contributed by atoms with van der Waals surface area (Å²) in [6.45, 7) is 10.7. The van der Waals surface area contributed by atoms with E-state index in [1.165, 1.54) is 81.6 Å². The number of hydrogen-bond acceptors (Lipinski definition) is 33. The van der Waals surface area contributed by atoms with Gasteiger partial charge in [-0.2, -0.15) is 0 Å². The molecule has 1 unspecified atom stereocenters. The number of likely N-dealkylation sites (N-methyl/N-ethyl adjacent to an activating group) is 1. The largest absolute Gasteiger partial charge is 0.491 e. The van der Waals surface area contributed by atoms with Gasteiger partial charge in [-0.3, -0.25) is 33.7 Å². The Labute approximate surface area is 795 Å². The number of aliphatic hydroxyl groups excluding tert-OH is 1. The number of thiazole rings is 2. The first-order valence-electron chi connectivity index (χ1n) is 44.4. The van der Waals surface area contributed by atoms with Crippen molar-refractivity contribution in [1.82, 2.24) is 65.8 Å². The standard InChI is InChI=1S/C90H123FN18O25S2/c1-61(2)80(97-76(111)27-35-123-38-33-108-77(112)25-26-78(108)113)84(117)95-71(18-11-29-93-86(92)120)83(116)94-66-23-22-64(65(55-66)56-105(5)90(122)134-60-67-57-106(103-100-67)32-37-125-40-42-127-44-46-129-48-50-131-52-51-130-49-47-128-45-43-126-41-39-124-36-28-79(114)115)59-133-89(121)104(4)30-12-15-63-21-24-72(69(91)54-63)132-34-14-20-74-81(85(118)119)98-88(136-74)107(31-13-16-68(110)58-109(6,7)8)75-53-62(3)82(102-101-75)99-87-96-70-17-9-10-19-73(70)135-87/h9-10,17,19,21-26,53-55,57,61,68,71,80,110H,11,13-14,16,18,20,27-52,56,58-60H2,1-8H3,(H8-,92,93,94,95,96,97,99,102,111,114,115,116,117,118,119,120)/p+1/t68?,71-,80-/m0/s1. The Morgan fingerprint density at radius 1 is 0.654 bits per heavy atom. The summed E-state index contributed by atoms with van der Waals surface area (Å²) in [5.41, 5.74) is 8.23. The molecule has 1 aliphatic heterocycles. The summed E-state index contributed by atoms with van der Waals surface area (Å²) in [7, 11) is 8.87. The topological polar surface area (TPSA) is 524 Å². The van der Waals surface area contributed by atoms with Crippen molar-refractivity contribution >= 4 is 120 Å². The normalized spacial score (nSPS) is 12.6. The van der Waals surface area contributed by atoms with E-state index in [2.05, 4.69) is 68.9 Å². The molecule has 0 fully saturated rings. The molecule has 9 amide bonds. The minimum absolute atomic E-state index is 0.0000254. The van der Waals surface area contributed by atoms with Gasteiger partial charge in [0.1, 0.15) is 43.6 Å². The van der Waals surface area contributed by atoms with Gasteiger partial charge in [0, 0.05) is 68.4 Å². The van der Waals surface area contributed by atoms with Gasteiger partial charge in [0.2, 0.25) is 17.7 Å². The minimum atomic E-state index is -1.27. The van der Waals surface area contributed by atoms with E-state index in [4.69, 9.17) is 67.7 Å². The molecule has 136 heavy (non-hydrogen) atoms. The van der Waals surface area contributed by atoms with E-state index in [0.717, 1.165) is 32.8 Å². The van der Waals surface area contributed by atoms with Crippen LogP contribution >= 0.6 is 22.7 Å². The molecule has 0 radical (unpaired) electrons. The number of fused-ring (bicyclic) bond motifs is 1. The van der Waals surface area contributed by atoms with E-state index in [1.807, 2.05) is 58.4 Å². The van der Waals surface area contributed by atoms with Crippen molar-refractivity contribution in [2.24, 2.45) is 11.7 Å². The van der Waals surface area contributed by atoms with Crippen LogP contribution in [0.4, 0.5) is 46.4 Å². The summed E-state index contributed by atoms with van der Waals surface area (Å²) in [5, 5.41) is 62.3. The van der Waals surface area contributed by atoms with E-state index in [0.29, 0.717) is 173 Å². The molecule has 4 aromatic heterocycles. The number of benzene rings is 3. The molecule has 5 heterocycles. The van der Waals surface area contributed by atoms with E-state index >= 15 is 4.39 Å². The van der Waals surface area contributed by atoms with Crippen LogP contribution in [0.2, 0.25) is 0 Å². The number of quaternary nitrogens is 1. The number of aliphatic hydroxyl groups is 1. The number of carbonyl (C=O) groups excluding carboxylic acids is 8. The molecule has 0 bridgehead atoms. The van der Waals surface area contributed by atoms with Gasteiger partial charge in [-0.25, -0.2) is 38.2 Å². The van der Waals surface area contributed by atoms with Gasteiger partial charge in [0.05, 0.1) is 189 Å². The number of aliphatic carboxylic acids is 1. The van der Waals surface area contributed by atoms with Crippen LogP contribution in [-0.2, 0) is 114 Å². The van der Waals surface area contributed by atoms with E-state index in [-0.39, 0.29) is 134 Å². The number of para-hydroxylation sites is 1. The predicted molar refractivity (Wildman–Crippen MR) is 496 cm³/mol. The Morgan fingerprint density at radius 2 is 1.28 bits per heavy atom. The Kier molecular flexibility index (Phi) is 47.4. The molecular formula is C90H124FN18O25S2+. The van der Waals surface area contributed by atoms with Gasteiger partial charge in [0.15, 0.2) is 39.2 Å². The van der Waals surface area contributed by atoms with Gasteiger partial charge in [-0.1, -0.05) is 60.4 Å². The third kappa shape index (κ3) is 40.4. The molecule has 0 saturated heterocycles. The van der Waals surface area contributed by atoms with Crippen molar-refractivity contribution in [2.45, 2.75) is 117 Å². The molecule has 10 N–H and O–H groups in total. The highest BCUT2D eigenvalue weighted by Crippen LogP contribution is 2.35. The number of ether oxygens (including phenoxy) is 12. The number of carboxylic acids is 2. The summed E-state index contributed by atoms with van der Waals surface area (Å²) in [6.07, 6.45) is 2.99. The number of nitrogens with two attached hydrogens (primary N) is 1. The van der Waals surface area contributed by atoms with Crippen molar-refractivity contribution in [3.05, 3.63) is 129 Å². The average Bonchev–Trinajstić information content (AvgIpc) is 1.65. The molecule has 1 aliphatic rings. The number of urea groups is 1. The van der Waals surface area contributed by atoms with E-state index in [9.17, 15) is 58.2 Å². The zero-order valence-electron chi connectivity index (χ0n) is 77.8. The van der Waals surface area contributed by atoms with Crippen LogP contribution in [-0.4, -0.2) is 341 Å². The first-order valence-corrected chi connectivity index (χ1v) is 46.0. The second-order valence-electron chi connectivity index (χ2n) is 32.4. The van der Waals surface area contributed by atoms with Gasteiger partial charge in [-0.05, 0) is 117 Å². The van der Waals surface area contributed by atoms with Gasteiger partial charge in [-0.15, -0.1) is 26.6 Å². The van der Waals surface area contributed by atoms with Crippen LogP contribution in [0.15, 0.2) is 85.1 Å². The summed E-state index contributed by atoms with van der Waals surface area (Å²) < 4.78 is 85.5. The van der Waals surface area contributed by atoms with Crippen LogP contribution in [0.1, 0.15) is 102 Å². The van der Waals surface area contributed by atoms with Crippen LogP contribution < -0.4 is 42.0 Å². The Bertz CT molecular complexity index is 5050. The molecule has 8 rings (SSSR count). The highest BCUT2D eigenvalue weighted by atomic mass is 32.1. The molecule has 0 saturated carbocycles. The summed E-state index contributed by atoms with van der Waals surface area (Å²) in [5.74, 6) is 0.210. The summed E-state index contributed by atoms with van der Waals surface area (Å²) in [6, 6.07) is 15.1. The van der Waals surface area contributed by atoms with Crippen LogP contribution in [0.5, 0.6) is 5.75 Å². The Hall–Kier alpha value is -12.1. The number of halogens is 1. The minimum Gasteiger partial charge on any atom is -0.491 e. The number of imide groups is 1. The maximum absolute atomic E-state index is 15.7. The second-order valence-corrected chi connectivity index (χ2v) is 34.4. The van der Waals surface area contributed by atoms with Crippen LogP contribution in [0, 0.1) is 30.5 Å². The Morgan fingerprint density at radius 3 is 1.90 bits per heavy atom. The van der Waals surface area contributed by atoms with Crippen molar-refractivity contribution in [3.63, 3.8) is 0 Å². The number of rotatable bonds is 66. The number of hydrogen-bond donors (Lipinski definition) is 9. The second kappa shape index (κ2) is 59.0. The third-order valence-corrected chi connectivity index (χ3v) is 22.0. The fraction of sp³-hybridized carbons (Fsp3) is 0.533. The van der Waals surface area contributed by atoms with Crippen molar-refractivity contribution in [3.8, 4) is 17.6 Å². The van der Waals surface area contributed by atoms with Gasteiger partial charge >= 0.3 is 30.2 Å². The lowest BCUT2D eigenvalue weighted by molar-refractivity contribution is -0.873. The lowest BCUT2D eigenvalue weighted by atomic mass is 10.0. The quantitative estimate of drug-likeness (QED) is 0.00866. The fourth-order valence-corrected chi connectivity index (χ4v) is 14.9. The number of nitrogens with zero attached hydrogens (tertiary/aromatic N) is 12. The average molecular weight is 1940 g/mol. The summed E-state index contributed by atoms with van der Waals surface area (Å²) >= 11 is 2.65. The van der Waals surface area contributed by atoms with Crippen molar-refractivity contribution in [2.75, 3.05) is 209 Å². The Balaban J connectivity index is 0.826. The zero-order valence-corrected chi connectivity index (χ0v) is 79.4. The monoisotopic (exact) mass is 1940 g/mol. The number of aromatic nitrogens is 7. The number of nitrogens with one attached hydrogen (secondary N) is 5. The molecule has 0 aliphatic carbocycles. The zero-order chi connectivity index (χ0) is 98.2. The maximum atomic E-state index is 15.7.